The Labute approximate surface area is 126 Å². The molecule has 0 radical (unpaired) electrons. The first-order valence-electron chi connectivity index (χ1n) is 6.84. The third kappa shape index (κ3) is 5.97. The van der Waals surface area contributed by atoms with Gasteiger partial charge in [-0.15, -0.1) is 0 Å². The second kappa shape index (κ2) is 7.24. The van der Waals surface area contributed by atoms with E-state index < -0.39 is 10.0 Å². The van der Waals surface area contributed by atoms with Crippen molar-refractivity contribution in [3.8, 4) is 0 Å². The minimum Gasteiger partial charge on any atom is -0.381 e. The molecule has 0 amide bonds. The van der Waals surface area contributed by atoms with Crippen LogP contribution in [-0.4, -0.2) is 21.2 Å². The van der Waals surface area contributed by atoms with E-state index in [2.05, 4.69) is 22.2 Å². The third-order valence-corrected chi connectivity index (χ3v) is 3.77. The fourth-order valence-corrected chi connectivity index (χ4v) is 2.49. The Bertz CT molecular complexity index is 670. The van der Waals surface area contributed by atoms with Crippen molar-refractivity contribution in [2.24, 2.45) is 0 Å². The average Bonchev–Trinajstić information content (AvgIpc) is 2.45. The Hall–Kier alpha value is -1.85. The van der Waals surface area contributed by atoms with Gasteiger partial charge < -0.3 is 5.32 Å². The van der Waals surface area contributed by atoms with Gasteiger partial charge in [0.2, 0.25) is 10.0 Å². The Morgan fingerprint density at radius 1 is 0.952 bits per heavy atom. The largest absolute Gasteiger partial charge is 0.381 e. The topological polar surface area (TPSA) is 58.2 Å². The summed E-state index contributed by atoms with van der Waals surface area (Å²) in [5.41, 5.74) is 3.36. The molecule has 0 atom stereocenters. The lowest BCUT2D eigenvalue weighted by molar-refractivity contribution is 0.588. The number of benzene rings is 2. The highest BCUT2D eigenvalue weighted by Gasteiger charge is 2.01. The van der Waals surface area contributed by atoms with E-state index >= 15 is 0 Å². The van der Waals surface area contributed by atoms with E-state index in [4.69, 9.17) is 0 Å². The second-order valence-corrected chi connectivity index (χ2v) is 6.79. The van der Waals surface area contributed by atoms with Crippen LogP contribution in [0.25, 0.3) is 0 Å². The molecule has 0 fully saturated rings. The molecular weight excluding hydrogens is 284 g/mol. The minimum atomic E-state index is -3.12. The van der Waals surface area contributed by atoms with Gasteiger partial charge in [-0.05, 0) is 29.7 Å². The van der Waals surface area contributed by atoms with Gasteiger partial charge >= 0.3 is 0 Å². The van der Waals surface area contributed by atoms with Crippen LogP contribution in [0.15, 0.2) is 54.6 Å². The summed E-state index contributed by atoms with van der Waals surface area (Å²) in [6.07, 6.45) is 1.85. The van der Waals surface area contributed by atoms with Crippen molar-refractivity contribution in [2.45, 2.75) is 13.0 Å². The molecule has 2 aromatic rings. The molecule has 0 heterocycles. The van der Waals surface area contributed by atoms with Gasteiger partial charge in [-0.1, -0.05) is 42.5 Å². The van der Waals surface area contributed by atoms with E-state index in [1.54, 1.807) is 0 Å². The van der Waals surface area contributed by atoms with Crippen LogP contribution >= 0.6 is 0 Å². The van der Waals surface area contributed by atoms with Gasteiger partial charge in [0, 0.05) is 18.8 Å². The predicted molar refractivity (Wildman–Crippen MR) is 86.8 cm³/mol. The number of sulfonamides is 1. The Kier molecular flexibility index (Phi) is 5.36. The summed E-state index contributed by atoms with van der Waals surface area (Å²) in [4.78, 5) is 0. The molecular formula is C16H20N2O2S. The molecule has 5 heteroatoms. The maximum atomic E-state index is 11.0. The van der Waals surface area contributed by atoms with Crippen LogP contribution in [0.3, 0.4) is 0 Å². The zero-order valence-electron chi connectivity index (χ0n) is 12.0. The normalized spacial score (nSPS) is 11.3. The van der Waals surface area contributed by atoms with Crippen LogP contribution < -0.4 is 10.0 Å². The highest BCUT2D eigenvalue weighted by Crippen LogP contribution is 2.12. The van der Waals surface area contributed by atoms with Gasteiger partial charge in [-0.3, -0.25) is 0 Å². The lowest BCUT2D eigenvalue weighted by atomic mass is 10.1. The number of hydrogen-bond donors (Lipinski definition) is 2. The summed E-state index contributed by atoms with van der Waals surface area (Å²) in [6.45, 7) is 1.19. The van der Waals surface area contributed by atoms with Crippen LogP contribution in [0, 0.1) is 0 Å². The van der Waals surface area contributed by atoms with Crippen molar-refractivity contribution in [2.75, 3.05) is 18.1 Å². The van der Waals surface area contributed by atoms with Crippen molar-refractivity contribution in [1.82, 2.24) is 4.72 Å². The lowest BCUT2D eigenvalue weighted by Crippen LogP contribution is -2.24. The molecule has 0 spiro atoms. The summed E-state index contributed by atoms with van der Waals surface area (Å²) in [5.74, 6) is 0. The van der Waals surface area contributed by atoms with E-state index in [0.29, 0.717) is 13.0 Å². The summed E-state index contributed by atoms with van der Waals surface area (Å²) in [5, 5.41) is 3.37. The monoisotopic (exact) mass is 304 g/mol. The fraction of sp³-hybridized carbons (Fsp3) is 0.250. The van der Waals surface area contributed by atoms with Gasteiger partial charge in [0.25, 0.3) is 0 Å². The standard InChI is InChI=1S/C16H20N2O2S/c1-21(19,20)18-11-10-14-8-5-9-16(12-14)17-13-15-6-3-2-4-7-15/h2-9,12,17-18H,10-11,13H2,1H3. The predicted octanol–water partition coefficient (Wildman–Crippen LogP) is 2.39. The maximum absolute atomic E-state index is 11.0. The number of nitrogens with one attached hydrogen (secondary N) is 2. The van der Waals surface area contributed by atoms with Crippen LogP contribution in [-0.2, 0) is 23.0 Å². The Morgan fingerprint density at radius 2 is 1.67 bits per heavy atom. The highest BCUT2D eigenvalue weighted by atomic mass is 32.2. The summed E-state index contributed by atoms with van der Waals surface area (Å²) < 4.78 is 24.5. The fourth-order valence-electron chi connectivity index (χ4n) is 2.02. The number of rotatable bonds is 7. The molecule has 0 aliphatic heterocycles. The molecule has 0 saturated carbocycles. The molecule has 0 bridgehead atoms. The van der Waals surface area contributed by atoms with Gasteiger partial charge in [0.15, 0.2) is 0 Å². The van der Waals surface area contributed by atoms with E-state index in [1.807, 2.05) is 42.5 Å². The smallest absolute Gasteiger partial charge is 0.208 e. The first kappa shape index (κ1) is 15.5. The molecule has 0 aromatic heterocycles. The molecule has 2 aromatic carbocycles. The Morgan fingerprint density at radius 3 is 2.38 bits per heavy atom. The molecule has 2 N–H and O–H groups in total. The molecule has 0 aliphatic rings. The SMILES string of the molecule is CS(=O)(=O)NCCc1cccc(NCc2ccccc2)c1. The molecule has 4 nitrogen and oxygen atoms in total. The average molecular weight is 304 g/mol. The Balaban J connectivity index is 1.88. The van der Waals surface area contributed by atoms with Gasteiger partial charge in [0.05, 0.1) is 6.26 Å². The van der Waals surface area contributed by atoms with Crippen molar-refractivity contribution in [1.29, 1.82) is 0 Å². The minimum absolute atomic E-state index is 0.418. The van der Waals surface area contributed by atoms with Crippen LogP contribution in [0.5, 0.6) is 0 Å². The van der Waals surface area contributed by atoms with E-state index in [1.165, 1.54) is 11.8 Å². The zero-order chi connectivity index (χ0) is 15.1. The van der Waals surface area contributed by atoms with E-state index in [0.717, 1.165) is 17.8 Å². The van der Waals surface area contributed by atoms with Crippen molar-refractivity contribution >= 4 is 15.7 Å². The van der Waals surface area contributed by atoms with Crippen LogP contribution in [0.1, 0.15) is 11.1 Å². The lowest BCUT2D eigenvalue weighted by Gasteiger charge is -2.09. The van der Waals surface area contributed by atoms with Crippen LogP contribution in [0.2, 0.25) is 0 Å². The maximum Gasteiger partial charge on any atom is 0.208 e. The van der Waals surface area contributed by atoms with Gasteiger partial charge in [-0.2, -0.15) is 0 Å². The first-order chi connectivity index (χ1) is 10.0. The number of anilines is 1. The molecule has 0 unspecified atom stereocenters. The summed E-state index contributed by atoms with van der Waals surface area (Å²) in [6, 6.07) is 18.2. The third-order valence-electron chi connectivity index (χ3n) is 3.04. The van der Waals surface area contributed by atoms with Crippen LogP contribution in [0.4, 0.5) is 5.69 Å². The second-order valence-electron chi connectivity index (χ2n) is 4.96. The summed E-state index contributed by atoms with van der Waals surface area (Å²) >= 11 is 0. The molecule has 21 heavy (non-hydrogen) atoms. The van der Waals surface area contributed by atoms with Crippen molar-refractivity contribution in [3.63, 3.8) is 0 Å². The number of hydrogen-bond acceptors (Lipinski definition) is 3. The first-order valence-corrected chi connectivity index (χ1v) is 8.73. The van der Waals surface area contributed by atoms with E-state index in [-0.39, 0.29) is 0 Å². The molecule has 0 saturated heterocycles. The highest BCUT2D eigenvalue weighted by molar-refractivity contribution is 7.88. The zero-order valence-corrected chi connectivity index (χ0v) is 12.9. The quantitative estimate of drug-likeness (QED) is 0.826. The van der Waals surface area contributed by atoms with Gasteiger partial charge in [0.1, 0.15) is 0 Å². The van der Waals surface area contributed by atoms with E-state index in [9.17, 15) is 8.42 Å². The molecule has 0 aliphatic carbocycles. The van der Waals surface area contributed by atoms with Gasteiger partial charge in [-0.25, -0.2) is 13.1 Å². The molecule has 112 valence electrons. The van der Waals surface area contributed by atoms with Crippen molar-refractivity contribution in [3.05, 3.63) is 65.7 Å². The van der Waals surface area contributed by atoms with Crippen molar-refractivity contribution < 1.29 is 8.42 Å². The molecule has 2 rings (SSSR count). The summed E-state index contributed by atoms with van der Waals surface area (Å²) in [7, 11) is -3.12.